The van der Waals surface area contributed by atoms with Crippen LogP contribution in [0.15, 0.2) is 30.8 Å². The first-order valence-corrected chi connectivity index (χ1v) is 11.7. The largest absolute Gasteiger partial charge is 0.481 e. The summed E-state index contributed by atoms with van der Waals surface area (Å²) in [7, 11) is 0. The quantitative estimate of drug-likeness (QED) is 0.549. The van der Waals surface area contributed by atoms with Gasteiger partial charge in [0.15, 0.2) is 0 Å². The van der Waals surface area contributed by atoms with Crippen molar-refractivity contribution in [2.24, 2.45) is 22.7 Å². The standard InChI is InChI=1S/C21H28.C4H8O2.C2H6/c1-14-13-18-17(16-8-6-5-7-15(14)16)9-12-21(4)19(18)10-11-20(21,2)3;1-2-3-4(5)6;1-2/h5-8,17-19H,1,9-13H2,2-4H3;2-3H2,1H3,(H,5,6);1-2H3. The number of carboxylic acids is 1. The molecule has 2 heteroatoms. The number of rotatable bonds is 2. The lowest BCUT2D eigenvalue weighted by molar-refractivity contribution is -0.137. The van der Waals surface area contributed by atoms with E-state index in [1.54, 1.807) is 5.56 Å². The van der Waals surface area contributed by atoms with Crippen LogP contribution in [-0.2, 0) is 4.79 Å². The van der Waals surface area contributed by atoms with Gasteiger partial charge in [-0.3, -0.25) is 4.79 Å². The lowest BCUT2D eigenvalue weighted by Gasteiger charge is -2.53. The number of benzene rings is 1. The van der Waals surface area contributed by atoms with E-state index in [1.807, 2.05) is 20.8 Å². The molecular weight excluding hydrogens is 356 g/mol. The zero-order valence-corrected chi connectivity index (χ0v) is 19.6. The third kappa shape index (κ3) is 4.47. The molecule has 2 saturated carbocycles. The first-order chi connectivity index (χ1) is 13.7. The number of hydrogen-bond acceptors (Lipinski definition) is 1. The summed E-state index contributed by atoms with van der Waals surface area (Å²) < 4.78 is 0. The summed E-state index contributed by atoms with van der Waals surface area (Å²) in [4.78, 5) is 9.60. The van der Waals surface area contributed by atoms with Crippen molar-refractivity contribution in [2.75, 3.05) is 0 Å². The summed E-state index contributed by atoms with van der Waals surface area (Å²) in [6.07, 6.45) is 7.89. The molecule has 4 rings (SSSR count). The van der Waals surface area contributed by atoms with Crippen molar-refractivity contribution in [2.45, 2.75) is 92.4 Å². The second-order valence-electron chi connectivity index (χ2n) is 9.79. The van der Waals surface area contributed by atoms with Gasteiger partial charge in [-0.25, -0.2) is 0 Å². The van der Waals surface area contributed by atoms with Gasteiger partial charge < -0.3 is 5.11 Å². The lowest BCUT2D eigenvalue weighted by atomic mass is 9.51. The summed E-state index contributed by atoms with van der Waals surface area (Å²) in [5, 5.41) is 7.91. The van der Waals surface area contributed by atoms with Crippen molar-refractivity contribution in [3.8, 4) is 0 Å². The molecule has 0 radical (unpaired) electrons. The van der Waals surface area contributed by atoms with Crippen molar-refractivity contribution in [3.63, 3.8) is 0 Å². The van der Waals surface area contributed by atoms with Gasteiger partial charge in [0.1, 0.15) is 0 Å². The highest BCUT2D eigenvalue weighted by Gasteiger charge is 2.58. The Labute approximate surface area is 178 Å². The van der Waals surface area contributed by atoms with Gasteiger partial charge in [-0.05, 0) is 83.8 Å². The van der Waals surface area contributed by atoms with Crippen molar-refractivity contribution >= 4 is 11.5 Å². The van der Waals surface area contributed by atoms with E-state index in [1.165, 1.54) is 43.2 Å². The molecule has 0 amide bonds. The van der Waals surface area contributed by atoms with Crippen LogP contribution >= 0.6 is 0 Å². The number of carbonyl (C=O) groups is 1. The molecule has 4 atom stereocenters. The van der Waals surface area contributed by atoms with Crippen LogP contribution in [0.5, 0.6) is 0 Å². The van der Waals surface area contributed by atoms with Gasteiger partial charge in [0, 0.05) is 6.42 Å². The minimum atomic E-state index is -0.711. The maximum Gasteiger partial charge on any atom is 0.303 e. The Morgan fingerprint density at radius 2 is 1.79 bits per heavy atom. The van der Waals surface area contributed by atoms with Gasteiger partial charge in [-0.15, -0.1) is 0 Å². The van der Waals surface area contributed by atoms with Crippen LogP contribution in [0.4, 0.5) is 0 Å². The number of fused-ring (bicyclic) bond motifs is 5. The Kier molecular flexibility index (Phi) is 7.76. The maximum absolute atomic E-state index is 9.60. The van der Waals surface area contributed by atoms with Gasteiger partial charge in [-0.2, -0.15) is 0 Å². The molecule has 2 nitrogen and oxygen atoms in total. The van der Waals surface area contributed by atoms with E-state index >= 15 is 0 Å². The summed E-state index contributed by atoms with van der Waals surface area (Å²) >= 11 is 0. The minimum Gasteiger partial charge on any atom is -0.481 e. The normalized spacial score (nSPS) is 31.1. The maximum atomic E-state index is 9.60. The van der Waals surface area contributed by atoms with Gasteiger partial charge in [0.2, 0.25) is 0 Å². The smallest absolute Gasteiger partial charge is 0.303 e. The predicted molar refractivity (Wildman–Crippen MR) is 124 cm³/mol. The second-order valence-corrected chi connectivity index (χ2v) is 9.79. The molecule has 2 fully saturated rings. The summed E-state index contributed by atoms with van der Waals surface area (Å²) in [6, 6.07) is 9.07. The molecule has 0 aromatic heterocycles. The van der Waals surface area contributed by atoms with Crippen LogP contribution in [0.2, 0.25) is 0 Å². The van der Waals surface area contributed by atoms with E-state index < -0.39 is 5.97 Å². The average Bonchev–Trinajstić information content (AvgIpc) is 2.94. The van der Waals surface area contributed by atoms with Crippen LogP contribution in [-0.4, -0.2) is 11.1 Å². The second kappa shape index (κ2) is 9.49. The SMILES string of the molecule is C=C1CC2C(CCC3(C)C2CCC3(C)C)c2ccccc21.CC.CCCC(=O)O. The Morgan fingerprint density at radius 3 is 2.38 bits per heavy atom. The van der Waals surface area contributed by atoms with E-state index in [9.17, 15) is 4.79 Å². The summed E-state index contributed by atoms with van der Waals surface area (Å²) in [6.45, 7) is 17.9. The molecule has 1 N–H and O–H groups in total. The van der Waals surface area contributed by atoms with E-state index in [-0.39, 0.29) is 0 Å². The van der Waals surface area contributed by atoms with Crippen molar-refractivity contribution in [3.05, 3.63) is 42.0 Å². The third-order valence-electron chi connectivity index (χ3n) is 8.14. The molecule has 3 aliphatic carbocycles. The molecular formula is C27H42O2. The van der Waals surface area contributed by atoms with E-state index in [4.69, 9.17) is 5.11 Å². The van der Waals surface area contributed by atoms with E-state index in [0.717, 1.165) is 24.2 Å². The van der Waals surface area contributed by atoms with E-state index in [2.05, 4.69) is 51.6 Å². The van der Waals surface area contributed by atoms with Crippen LogP contribution in [0.3, 0.4) is 0 Å². The van der Waals surface area contributed by atoms with Crippen molar-refractivity contribution in [1.82, 2.24) is 0 Å². The minimum absolute atomic E-state index is 0.292. The fraction of sp³-hybridized carbons (Fsp3) is 0.667. The first-order valence-electron chi connectivity index (χ1n) is 11.7. The van der Waals surface area contributed by atoms with Gasteiger partial charge in [0.25, 0.3) is 0 Å². The number of allylic oxidation sites excluding steroid dienone is 1. The average molecular weight is 399 g/mol. The van der Waals surface area contributed by atoms with Crippen LogP contribution in [0.25, 0.3) is 5.57 Å². The Balaban J connectivity index is 0.000000325. The molecule has 3 aliphatic rings. The highest BCUT2D eigenvalue weighted by atomic mass is 16.4. The highest BCUT2D eigenvalue weighted by molar-refractivity contribution is 5.69. The number of aliphatic carboxylic acids is 1. The monoisotopic (exact) mass is 398 g/mol. The molecule has 162 valence electrons. The molecule has 0 spiro atoms. The Hall–Kier alpha value is -1.57. The molecule has 0 heterocycles. The fourth-order valence-electron chi connectivity index (χ4n) is 6.20. The Morgan fingerprint density at radius 1 is 1.14 bits per heavy atom. The van der Waals surface area contributed by atoms with E-state index in [0.29, 0.717) is 17.3 Å². The number of hydrogen-bond donors (Lipinski definition) is 1. The molecule has 1 aromatic carbocycles. The van der Waals surface area contributed by atoms with Crippen LogP contribution < -0.4 is 0 Å². The first kappa shape index (κ1) is 23.7. The molecule has 29 heavy (non-hydrogen) atoms. The topological polar surface area (TPSA) is 37.3 Å². The predicted octanol–water partition coefficient (Wildman–Crippen LogP) is 7.94. The van der Waals surface area contributed by atoms with Crippen molar-refractivity contribution in [1.29, 1.82) is 0 Å². The van der Waals surface area contributed by atoms with Gasteiger partial charge >= 0.3 is 5.97 Å². The molecule has 0 saturated heterocycles. The van der Waals surface area contributed by atoms with Gasteiger partial charge in [-0.1, -0.05) is 72.4 Å². The number of carboxylic acid groups (broad SMARTS) is 1. The van der Waals surface area contributed by atoms with Crippen molar-refractivity contribution < 1.29 is 9.90 Å². The lowest BCUT2D eigenvalue weighted by Crippen LogP contribution is -2.44. The molecule has 0 bridgehead atoms. The summed E-state index contributed by atoms with van der Waals surface area (Å²) in [5.74, 6) is 1.82. The zero-order valence-electron chi connectivity index (χ0n) is 19.6. The fourth-order valence-corrected chi connectivity index (χ4v) is 6.20. The van der Waals surface area contributed by atoms with Crippen LogP contribution in [0, 0.1) is 22.7 Å². The molecule has 4 unspecified atom stereocenters. The molecule has 0 aliphatic heterocycles. The Bertz CT molecular complexity index is 717. The summed E-state index contributed by atoms with van der Waals surface area (Å²) in [5.41, 5.74) is 5.51. The highest BCUT2D eigenvalue weighted by Crippen LogP contribution is 2.67. The zero-order chi connectivity index (χ0) is 21.8. The third-order valence-corrected chi connectivity index (χ3v) is 8.14. The van der Waals surface area contributed by atoms with Gasteiger partial charge in [0.05, 0.1) is 0 Å². The molecule has 1 aromatic rings. The van der Waals surface area contributed by atoms with Crippen LogP contribution in [0.1, 0.15) is 104 Å².